The van der Waals surface area contributed by atoms with Crippen LogP contribution < -0.4 is 10.9 Å². The number of hydrogen-bond donors (Lipinski definition) is 2. The van der Waals surface area contributed by atoms with Crippen LogP contribution in [-0.4, -0.2) is 9.97 Å². The molecule has 4 heteroatoms. The van der Waals surface area contributed by atoms with Crippen molar-refractivity contribution in [2.45, 2.75) is 26.7 Å². The molecule has 0 aliphatic heterocycles. The Balaban J connectivity index is 2.23. The van der Waals surface area contributed by atoms with Gasteiger partial charge in [-0.2, -0.15) is 0 Å². The second kappa shape index (κ2) is 5.49. The van der Waals surface area contributed by atoms with Gasteiger partial charge in [-0.25, -0.2) is 4.98 Å². The van der Waals surface area contributed by atoms with E-state index < -0.39 is 0 Å². The highest BCUT2D eigenvalue weighted by Crippen LogP contribution is 2.13. The minimum atomic E-state index is -0.122. The van der Waals surface area contributed by atoms with Gasteiger partial charge in [-0.1, -0.05) is 31.0 Å². The zero-order valence-corrected chi connectivity index (χ0v) is 10.7. The van der Waals surface area contributed by atoms with Gasteiger partial charge in [0.15, 0.2) is 0 Å². The van der Waals surface area contributed by atoms with Gasteiger partial charge in [0.2, 0.25) is 5.95 Å². The number of aryl methyl sites for hydroxylation is 2. The van der Waals surface area contributed by atoms with Crippen LogP contribution in [0.3, 0.4) is 0 Å². The number of anilines is 2. The molecule has 0 aliphatic rings. The Hall–Kier alpha value is -2.10. The van der Waals surface area contributed by atoms with E-state index in [9.17, 15) is 4.79 Å². The fraction of sp³-hybridized carbons (Fsp3) is 0.286. The van der Waals surface area contributed by atoms with Gasteiger partial charge in [0.1, 0.15) is 0 Å². The maximum absolute atomic E-state index is 11.5. The van der Waals surface area contributed by atoms with Crippen molar-refractivity contribution in [3.63, 3.8) is 0 Å². The summed E-state index contributed by atoms with van der Waals surface area (Å²) >= 11 is 0. The summed E-state index contributed by atoms with van der Waals surface area (Å²) in [4.78, 5) is 18.6. The number of H-pyrrole nitrogens is 1. The molecule has 0 radical (unpaired) electrons. The average molecular weight is 243 g/mol. The Labute approximate surface area is 106 Å². The minimum absolute atomic E-state index is 0.122. The normalized spacial score (nSPS) is 10.3. The Morgan fingerprint density at radius 2 is 2.00 bits per heavy atom. The maximum Gasteiger partial charge on any atom is 0.252 e. The smallest absolute Gasteiger partial charge is 0.252 e. The van der Waals surface area contributed by atoms with Gasteiger partial charge < -0.3 is 5.32 Å². The van der Waals surface area contributed by atoms with Crippen molar-refractivity contribution >= 4 is 11.6 Å². The molecule has 0 saturated carbocycles. The predicted molar refractivity (Wildman–Crippen MR) is 73.3 cm³/mol. The lowest BCUT2D eigenvalue weighted by Gasteiger charge is -2.07. The summed E-state index contributed by atoms with van der Waals surface area (Å²) in [5, 5.41) is 3.10. The van der Waals surface area contributed by atoms with E-state index in [0.29, 0.717) is 5.95 Å². The number of aromatic amines is 1. The zero-order valence-electron chi connectivity index (χ0n) is 10.7. The minimum Gasteiger partial charge on any atom is -0.326 e. The highest BCUT2D eigenvalue weighted by molar-refractivity contribution is 5.53. The zero-order chi connectivity index (χ0) is 13.0. The molecule has 2 N–H and O–H groups in total. The summed E-state index contributed by atoms with van der Waals surface area (Å²) in [6.07, 6.45) is 1.78. The first-order chi connectivity index (χ1) is 8.67. The van der Waals surface area contributed by atoms with E-state index in [-0.39, 0.29) is 5.56 Å². The lowest BCUT2D eigenvalue weighted by molar-refractivity contribution is 0.870. The molecule has 94 valence electrons. The fourth-order valence-electron chi connectivity index (χ4n) is 1.72. The number of nitrogens with one attached hydrogen (secondary N) is 2. The second-order valence-corrected chi connectivity index (χ2v) is 4.33. The molecule has 18 heavy (non-hydrogen) atoms. The molecule has 0 saturated heterocycles. The summed E-state index contributed by atoms with van der Waals surface area (Å²) in [5.74, 6) is 0.495. The van der Waals surface area contributed by atoms with E-state index in [2.05, 4.69) is 22.2 Å². The van der Waals surface area contributed by atoms with Crippen LogP contribution in [0.2, 0.25) is 0 Å². The molecule has 1 heterocycles. The van der Waals surface area contributed by atoms with Crippen LogP contribution in [0.5, 0.6) is 0 Å². The average Bonchev–Trinajstić information content (AvgIpc) is 2.32. The molecule has 4 nitrogen and oxygen atoms in total. The van der Waals surface area contributed by atoms with E-state index >= 15 is 0 Å². The summed E-state index contributed by atoms with van der Waals surface area (Å²) in [7, 11) is 0. The molecular weight excluding hydrogens is 226 g/mol. The Kier molecular flexibility index (Phi) is 3.77. The highest BCUT2D eigenvalue weighted by Gasteiger charge is 2.01. The van der Waals surface area contributed by atoms with Crippen LogP contribution in [0, 0.1) is 6.92 Å². The molecule has 0 amide bonds. The number of hydrogen-bond acceptors (Lipinski definition) is 3. The Morgan fingerprint density at radius 3 is 2.67 bits per heavy atom. The van der Waals surface area contributed by atoms with Crippen molar-refractivity contribution in [2.75, 3.05) is 5.32 Å². The lowest BCUT2D eigenvalue weighted by Crippen LogP contribution is -2.12. The van der Waals surface area contributed by atoms with Gasteiger partial charge in [-0.05, 0) is 25.5 Å². The number of rotatable bonds is 4. The third kappa shape index (κ3) is 3.20. The number of benzene rings is 1. The van der Waals surface area contributed by atoms with Crippen LogP contribution in [-0.2, 0) is 6.42 Å². The molecule has 2 rings (SSSR count). The van der Waals surface area contributed by atoms with Crippen molar-refractivity contribution < 1.29 is 0 Å². The van der Waals surface area contributed by atoms with Crippen LogP contribution >= 0.6 is 0 Å². The monoisotopic (exact) mass is 243 g/mol. The topological polar surface area (TPSA) is 57.8 Å². The van der Waals surface area contributed by atoms with Gasteiger partial charge in [-0.3, -0.25) is 9.78 Å². The van der Waals surface area contributed by atoms with Crippen LogP contribution in [0.4, 0.5) is 11.6 Å². The first-order valence-electron chi connectivity index (χ1n) is 6.11. The van der Waals surface area contributed by atoms with E-state index in [0.717, 1.165) is 24.2 Å². The summed E-state index contributed by atoms with van der Waals surface area (Å²) in [6, 6.07) is 9.49. The Bertz CT molecular complexity index is 572. The van der Waals surface area contributed by atoms with E-state index in [1.54, 1.807) is 6.07 Å². The molecular formula is C14H17N3O. The Morgan fingerprint density at radius 1 is 1.28 bits per heavy atom. The number of aromatic nitrogens is 2. The highest BCUT2D eigenvalue weighted by atomic mass is 16.1. The molecule has 0 spiro atoms. The first kappa shape index (κ1) is 12.4. The summed E-state index contributed by atoms with van der Waals surface area (Å²) < 4.78 is 0. The van der Waals surface area contributed by atoms with Gasteiger partial charge in [0.05, 0.1) is 0 Å². The molecule has 0 unspecified atom stereocenters. The summed E-state index contributed by atoms with van der Waals surface area (Å²) in [6.45, 7) is 4.10. The molecule has 1 aromatic carbocycles. The maximum atomic E-state index is 11.5. The van der Waals surface area contributed by atoms with Gasteiger partial charge >= 0.3 is 0 Å². The van der Waals surface area contributed by atoms with Crippen molar-refractivity contribution in [1.82, 2.24) is 9.97 Å². The van der Waals surface area contributed by atoms with E-state index in [4.69, 9.17) is 0 Å². The molecule has 0 aliphatic carbocycles. The van der Waals surface area contributed by atoms with Crippen molar-refractivity contribution in [3.05, 3.63) is 51.9 Å². The van der Waals surface area contributed by atoms with E-state index in [1.165, 1.54) is 5.56 Å². The summed E-state index contributed by atoms with van der Waals surface area (Å²) in [5.41, 5.74) is 2.80. The van der Waals surface area contributed by atoms with Crippen LogP contribution in [0.25, 0.3) is 0 Å². The lowest BCUT2D eigenvalue weighted by atomic mass is 10.2. The van der Waals surface area contributed by atoms with Crippen LogP contribution in [0.15, 0.2) is 35.1 Å². The SMILES string of the molecule is CCCc1cc(=O)[nH]c(Nc2ccc(C)cc2)n1. The molecule has 0 fully saturated rings. The molecule has 2 aromatic rings. The van der Waals surface area contributed by atoms with Crippen LogP contribution in [0.1, 0.15) is 24.6 Å². The molecule has 0 atom stereocenters. The van der Waals surface area contributed by atoms with E-state index in [1.807, 2.05) is 31.2 Å². The first-order valence-corrected chi connectivity index (χ1v) is 6.11. The standard InChI is InChI=1S/C14H17N3O/c1-3-4-12-9-13(18)17-14(16-12)15-11-7-5-10(2)6-8-11/h5-9H,3-4H2,1-2H3,(H2,15,16,17,18). The second-order valence-electron chi connectivity index (χ2n) is 4.33. The third-order valence-corrected chi connectivity index (χ3v) is 2.62. The van der Waals surface area contributed by atoms with Crippen molar-refractivity contribution in [1.29, 1.82) is 0 Å². The predicted octanol–water partition coefficient (Wildman–Crippen LogP) is 2.77. The number of nitrogens with zero attached hydrogens (tertiary/aromatic N) is 1. The largest absolute Gasteiger partial charge is 0.326 e. The molecule has 0 bridgehead atoms. The quantitative estimate of drug-likeness (QED) is 0.868. The molecule has 1 aromatic heterocycles. The third-order valence-electron chi connectivity index (χ3n) is 2.62. The van der Waals surface area contributed by atoms with Crippen molar-refractivity contribution in [3.8, 4) is 0 Å². The van der Waals surface area contributed by atoms with Gasteiger partial charge in [0, 0.05) is 17.4 Å². The van der Waals surface area contributed by atoms with Crippen molar-refractivity contribution in [2.24, 2.45) is 0 Å². The fourth-order valence-corrected chi connectivity index (χ4v) is 1.72. The van der Waals surface area contributed by atoms with Gasteiger partial charge in [0.25, 0.3) is 5.56 Å². The van der Waals surface area contributed by atoms with Gasteiger partial charge in [-0.15, -0.1) is 0 Å².